The zero-order valence-electron chi connectivity index (χ0n) is 14.9. The number of carbonyl (C=O) groups is 1. The van der Waals surface area contributed by atoms with Gasteiger partial charge in [0.1, 0.15) is 18.0 Å². The third-order valence-electron chi connectivity index (χ3n) is 4.73. The highest BCUT2D eigenvalue weighted by Crippen LogP contribution is 2.32. The Labute approximate surface area is 158 Å². The number of carbonyl (C=O) groups excluding carboxylic acids is 1. The van der Waals surface area contributed by atoms with Crippen molar-refractivity contribution in [3.05, 3.63) is 53.6 Å². The largest absolute Gasteiger partial charge is 0.508 e. The molecule has 2 aromatic carbocycles. The number of phenolic OH excluding ortho intramolecular Hbond substituents is 2. The van der Waals surface area contributed by atoms with Crippen LogP contribution in [-0.4, -0.2) is 31.1 Å². The first-order chi connectivity index (χ1) is 12.8. The lowest BCUT2D eigenvalue weighted by atomic mass is 9.90. The van der Waals surface area contributed by atoms with Crippen LogP contribution in [0.3, 0.4) is 0 Å². The molecule has 0 saturated carbocycles. The van der Waals surface area contributed by atoms with Crippen LogP contribution in [-0.2, 0) is 27.8 Å². The minimum Gasteiger partial charge on any atom is -0.508 e. The lowest BCUT2D eigenvalue weighted by molar-refractivity contribution is -0.117. The van der Waals surface area contributed by atoms with E-state index in [1.807, 2.05) is 16.9 Å². The quantitative estimate of drug-likeness (QED) is 0.700. The zero-order valence-corrected chi connectivity index (χ0v) is 15.7. The Balaban J connectivity index is 1.77. The summed E-state index contributed by atoms with van der Waals surface area (Å²) >= 11 is 0. The number of nitrogens with zero attached hydrogens (tertiary/aromatic N) is 1. The van der Waals surface area contributed by atoms with Crippen molar-refractivity contribution in [2.45, 2.75) is 26.2 Å². The van der Waals surface area contributed by atoms with Crippen molar-refractivity contribution < 1.29 is 23.4 Å². The molecule has 2 aromatic rings. The van der Waals surface area contributed by atoms with Gasteiger partial charge < -0.3 is 10.2 Å². The molecule has 1 saturated heterocycles. The minimum absolute atomic E-state index is 0.0749. The molecule has 0 bridgehead atoms. The van der Waals surface area contributed by atoms with E-state index in [1.165, 1.54) is 12.1 Å². The Kier molecular flexibility index (Phi) is 5.27. The van der Waals surface area contributed by atoms with E-state index >= 15 is 0 Å². The second-order valence-corrected chi connectivity index (χ2v) is 8.27. The number of nitrogens with one attached hydrogen (secondary N) is 1. The minimum atomic E-state index is -3.95. The van der Waals surface area contributed by atoms with Gasteiger partial charge in [-0.25, -0.2) is 9.03 Å². The summed E-state index contributed by atoms with van der Waals surface area (Å²) in [6.07, 6.45) is 2.25. The van der Waals surface area contributed by atoms with Gasteiger partial charge in [-0.2, -0.15) is 8.42 Å². The van der Waals surface area contributed by atoms with Gasteiger partial charge in [0.25, 0.3) is 5.91 Å². The summed E-state index contributed by atoms with van der Waals surface area (Å²) in [7, 11) is -3.95. The molecule has 1 aliphatic rings. The first-order valence-corrected chi connectivity index (χ1v) is 10.2. The Hall–Kier alpha value is -2.74. The van der Waals surface area contributed by atoms with Gasteiger partial charge in [-0.3, -0.25) is 4.79 Å². The number of para-hydroxylation sites is 1. The lowest BCUT2D eigenvalue weighted by Gasteiger charge is -2.19. The average Bonchev–Trinajstić information content (AvgIpc) is 2.88. The van der Waals surface area contributed by atoms with Crippen LogP contribution in [0.5, 0.6) is 11.5 Å². The number of hydrogen-bond acceptors (Lipinski definition) is 5. The fraction of sp³-hybridized carbons (Fsp3) is 0.316. The van der Waals surface area contributed by atoms with Crippen LogP contribution in [0.2, 0.25) is 0 Å². The van der Waals surface area contributed by atoms with E-state index < -0.39 is 16.1 Å². The molecule has 3 rings (SSSR count). The highest BCUT2D eigenvalue weighted by atomic mass is 32.2. The molecule has 144 valence electrons. The maximum Gasteiger partial charge on any atom is 0.326 e. The topological polar surface area (TPSA) is 107 Å². The van der Waals surface area contributed by atoms with E-state index in [0.29, 0.717) is 12.8 Å². The van der Waals surface area contributed by atoms with E-state index in [0.717, 1.165) is 21.9 Å². The van der Waals surface area contributed by atoms with Crippen LogP contribution in [0.25, 0.3) is 0 Å². The molecular formula is C19H22N2O5S. The van der Waals surface area contributed by atoms with Crippen LogP contribution < -0.4 is 9.03 Å². The van der Waals surface area contributed by atoms with E-state index in [2.05, 4.69) is 6.92 Å². The average molecular weight is 390 g/mol. The number of hydrogen-bond donors (Lipinski definition) is 3. The Morgan fingerprint density at radius 3 is 2.44 bits per heavy atom. The number of phenols is 2. The summed E-state index contributed by atoms with van der Waals surface area (Å²) < 4.78 is 26.6. The molecule has 27 heavy (non-hydrogen) atoms. The molecule has 1 fully saturated rings. The summed E-state index contributed by atoms with van der Waals surface area (Å²) in [4.78, 5) is 11.4. The molecule has 1 unspecified atom stereocenters. The summed E-state index contributed by atoms with van der Waals surface area (Å²) in [5, 5.41) is 20.3. The summed E-state index contributed by atoms with van der Waals surface area (Å²) in [5.41, 5.74) is 1.80. The Bertz CT molecular complexity index is 958. The number of anilines is 1. The van der Waals surface area contributed by atoms with Crippen LogP contribution in [0.4, 0.5) is 5.69 Å². The van der Waals surface area contributed by atoms with Gasteiger partial charge >= 0.3 is 10.2 Å². The van der Waals surface area contributed by atoms with Crippen molar-refractivity contribution in [2.75, 3.05) is 10.8 Å². The smallest absolute Gasteiger partial charge is 0.326 e. The molecule has 0 radical (unpaired) electrons. The zero-order chi connectivity index (χ0) is 19.6. The molecule has 1 atom stereocenters. The van der Waals surface area contributed by atoms with Gasteiger partial charge in [0.05, 0.1) is 5.69 Å². The molecule has 0 aromatic heterocycles. The van der Waals surface area contributed by atoms with E-state index in [-0.39, 0.29) is 29.6 Å². The molecule has 0 spiro atoms. The fourth-order valence-corrected chi connectivity index (χ4v) is 4.42. The Morgan fingerprint density at radius 2 is 1.85 bits per heavy atom. The number of aromatic hydroxyl groups is 2. The second-order valence-electron chi connectivity index (χ2n) is 6.67. The van der Waals surface area contributed by atoms with E-state index in [4.69, 9.17) is 0 Å². The molecule has 3 N–H and O–H groups in total. The second kappa shape index (κ2) is 7.48. The third-order valence-corrected chi connectivity index (χ3v) is 6.12. The van der Waals surface area contributed by atoms with Crippen molar-refractivity contribution in [2.24, 2.45) is 5.92 Å². The van der Waals surface area contributed by atoms with Gasteiger partial charge in [-0.05, 0) is 48.1 Å². The summed E-state index contributed by atoms with van der Waals surface area (Å²) in [6, 6.07) is 12.0. The molecule has 0 aliphatic carbocycles. The molecular weight excluding hydrogens is 368 g/mol. The lowest BCUT2D eigenvalue weighted by Crippen LogP contribution is -2.29. The van der Waals surface area contributed by atoms with Crippen molar-refractivity contribution in [3.63, 3.8) is 0 Å². The van der Waals surface area contributed by atoms with Gasteiger partial charge in [0.15, 0.2) is 0 Å². The fourth-order valence-electron chi connectivity index (χ4n) is 3.26. The van der Waals surface area contributed by atoms with Crippen molar-refractivity contribution in [1.29, 1.82) is 0 Å². The summed E-state index contributed by atoms with van der Waals surface area (Å²) in [6.45, 7) is 1.72. The maximum absolute atomic E-state index is 11.9. The molecule has 1 amide bonds. The molecule has 8 heteroatoms. The maximum atomic E-state index is 11.9. The molecule has 1 heterocycles. The number of amides is 1. The van der Waals surface area contributed by atoms with Crippen LogP contribution in [0.15, 0.2) is 42.5 Å². The van der Waals surface area contributed by atoms with Crippen molar-refractivity contribution in [3.8, 4) is 11.5 Å². The molecule has 7 nitrogen and oxygen atoms in total. The number of benzene rings is 2. The van der Waals surface area contributed by atoms with E-state index in [9.17, 15) is 23.4 Å². The van der Waals surface area contributed by atoms with Gasteiger partial charge in [0, 0.05) is 0 Å². The third kappa shape index (κ3) is 4.16. The van der Waals surface area contributed by atoms with Crippen LogP contribution in [0.1, 0.15) is 24.5 Å². The first-order valence-electron chi connectivity index (χ1n) is 8.72. The first kappa shape index (κ1) is 19.0. The van der Waals surface area contributed by atoms with Crippen molar-refractivity contribution in [1.82, 2.24) is 4.72 Å². The van der Waals surface area contributed by atoms with Gasteiger partial charge in [-0.1, -0.05) is 37.6 Å². The highest BCUT2D eigenvalue weighted by Gasteiger charge is 2.35. The predicted molar refractivity (Wildman–Crippen MR) is 102 cm³/mol. The number of rotatable bonds is 6. The van der Waals surface area contributed by atoms with Crippen LogP contribution in [0, 0.1) is 5.92 Å². The summed E-state index contributed by atoms with van der Waals surface area (Å²) in [5.74, 6) is -0.301. The predicted octanol–water partition coefficient (Wildman–Crippen LogP) is 2.09. The monoisotopic (exact) mass is 390 g/mol. The molecule has 1 aliphatic heterocycles. The SMILES string of the molecule is CCC(Cc1ccc(N2CC(=O)NS2(=O)=O)c(O)c1)Cc1ccccc1O. The normalized spacial score (nSPS) is 16.9. The Morgan fingerprint density at radius 1 is 1.11 bits per heavy atom. The van der Waals surface area contributed by atoms with E-state index in [1.54, 1.807) is 18.2 Å². The van der Waals surface area contributed by atoms with Gasteiger partial charge in [-0.15, -0.1) is 0 Å². The highest BCUT2D eigenvalue weighted by molar-refractivity contribution is 7.92. The van der Waals surface area contributed by atoms with Gasteiger partial charge in [0.2, 0.25) is 0 Å². The van der Waals surface area contributed by atoms with Crippen molar-refractivity contribution >= 4 is 21.8 Å². The van der Waals surface area contributed by atoms with Crippen LogP contribution >= 0.6 is 0 Å². The standard InChI is InChI=1S/C19H22N2O5S/c1-2-13(10-15-5-3-4-6-17(15)22)9-14-7-8-16(18(23)11-14)21-12-19(24)20-27(21,25)26/h3-8,11,13,22-23H,2,9-10,12H2,1H3,(H,20,24).